The van der Waals surface area contributed by atoms with Gasteiger partial charge in [0.05, 0.1) is 33.4 Å². The standard InChI is InChI=1S/C12H17NO4/c1-13(8-14)7-10-11(16-3)5-9(15-2)6-12(10)17-4/h5-6,8H,7H2,1-4H3. The number of nitrogens with zero attached hydrogens (tertiary/aromatic N) is 1. The Morgan fingerprint density at radius 1 is 1.12 bits per heavy atom. The van der Waals surface area contributed by atoms with Crippen LogP contribution in [0.25, 0.3) is 0 Å². The molecule has 1 rings (SSSR count). The van der Waals surface area contributed by atoms with Crippen molar-refractivity contribution in [2.24, 2.45) is 0 Å². The topological polar surface area (TPSA) is 48.0 Å². The van der Waals surface area contributed by atoms with Gasteiger partial charge in [-0.25, -0.2) is 0 Å². The van der Waals surface area contributed by atoms with E-state index >= 15 is 0 Å². The minimum atomic E-state index is 0.417. The molecule has 0 radical (unpaired) electrons. The molecule has 0 saturated carbocycles. The van der Waals surface area contributed by atoms with Crippen LogP contribution in [-0.2, 0) is 11.3 Å². The van der Waals surface area contributed by atoms with Gasteiger partial charge in [-0.1, -0.05) is 0 Å². The summed E-state index contributed by atoms with van der Waals surface area (Å²) in [6.07, 6.45) is 0.753. The molecule has 17 heavy (non-hydrogen) atoms. The first-order chi connectivity index (χ1) is 8.15. The van der Waals surface area contributed by atoms with E-state index in [-0.39, 0.29) is 0 Å². The van der Waals surface area contributed by atoms with Gasteiger partial charge < -0.3 is 19.1 Å². The maximum Gasteiger partial charge on any atom is 0.209 e. The van der Waals surface area contributed by atoms with E-state index in [1.165, 1.54) is 4.90 Å². The van der Waals surface area contributed by atoms with Crippen LogP contribution in [0.15, 0.2) is 12.1 Å². The molecule has 1 aromatic rings. The number of carbonyl (C=O) groups is 1. The maximum atomic E-state index is 10.7. The summed E-state index contributed by atoms with van der Waals surface area (Å²) in [7, 11) is 6.40. The molecule has 94 valence electrons. The molecule has 1 aromatic carbocycles. The molecule has 0 unspecified atom stereocenters. The lowest BCUT2D eigenvalue weighted by Gasteiger charge is -2.18. The molecule has 0 spiro atoms. The summed E-state index contributed by atoms with van der Waals surface area (Å²) in [5.41, 5.74) is 0.811. The first kappa shape index (κ1) is 13.2. The minimum Gasteiger partial charge on any atom is -0.496 e. The van der Waals surface area contributed by atoms with Crippen LogP contribution in [0.5, 0.6) is 17.2 Å². The third kappa shape index (κ3) is 3.03. The van der Waals surface area contributed by atoms with Gasteiger partial charge in [0.15, 0.2) is 0 Å². The first-order valence-electron chi connectivity index (χ1n) is 5.10. The van der Waals surface area contributed by atoms with Crippen molar-refractivity contribution in [1.82, 2.24) is 4.90 Å². The van der Waals surface area contributed by atoms with E-state index in [0.29, 0.717) is 23.8 Å². The zero-order valence-corrected chi connectivity index (χ0v) is 10.5. The van der Waals surface area contributed by atoms with Crippen molar-refractivity contribution in [3.8, 4) is 17.2 Å². The number of rotatable bonds is 6. The summed E-state index contributed by atoms with van der Waals surface area (Å²) in [5, 5.41) is 0. The van der Waals surface area contributed by atoms with Crippen LogP contribution in [0.3, 0.4) is 0 Å². The van der Waals surface area contributed by atoms with E-state index in [9.17, 15) is 4.79 Å². The van der Waals surface area contributed by atoms with Crippen LogP contribution in [0.4, 0.5) is 0 Å². The van der Waals surface area contributed by atoms with Gasteiger partial charge in [-0.05, 0) is 0 Å². The number of ether oxygens (including phenoxy) is 3. The lowest BCUT2D eigenvalue weighted by molar-refractivity contribution is -0.117. The molecule has 0 atom stereocenters. The summed E-state index contributed by atoms with van der Waals surface area (Å²) in [4.78, 5) is 12.2. The van der Waals surface area contributed by atoms with Crippen molar-refractivity contribution in [1.29, 1.82) is 0 Å². The largest absolute Gasteiger partial charge is 0.496 e. The Labute approximate surface area is 101 Å². The maximum absolute atomic E-state index is 10.7. The first-order valence-corrected chi connectivity index (χ1v) is 5.10. The van der Waals surface area contributed by atoms with Gasteiger partial charge in [0, 0.05) is 19.2 Å². The molecule has 0 N–H and O–H groups in total. The smallest absolute Gasteiger partial charge is 0.209 e. The van der Waals surface area contributed by atoms with Crippen LogP contribution < -0.4 is 14.2 Å². The van der Waals surface area contributed by atoms with Crippen molar-refractivity contribution in [3.05, 3.63) is 17.7 Å². The number of amides is 1. The molecule has 0 aromatic heterocycles. The Kier molecular flexibility index (Phi) is 4.63. The highest BCUT2D eigenvalue weighted by Gasteiger charge is 2.14. The van der Waals surface area contributed by atoms with E-state index in [2.05, 4.69) is 0 Å². The Bertz CT molecular complexity index is 367. The van der Waals surface area contributed by atoms with Crippen LogP contribution in [0, 0.1) is 0 Å². The van der Waals surface area contributed by atoms with E-state index < -0.39 is 0 Å². The molecule has 0 saturated heterocycles. The summed E-state index contributed by atoms with van der Waals surface area (Å²) < 4.78 is 15.7. The predicted octanol–water partition coefficient (Wildman–Crippen LogP) is 1.30. The molecule has 1 amide bonds. The number of methoxy groups -OCH3 is 3. The van der Waals surface area contributed by atoms with Crippen molar-refractivity contribution in [2.45, 2.75) is 6.54 Å². The third-order valence-corrected chi connectivity index (χ3v) is 2.40. The summed E-state index contributed by atoms with van der Waals surface area (Å²) >= 11 is 0. The highest BCUT2D eigenvalue weighted by atomic mass is 16.5. The van der Waals surface area contributed by atoms with Crippen LogP contribution in [0.1, 0.15) is 5.56 Å². The van der Waals surface area contributed by atoms with Crippen LogP contribution in [0.2, 0.25) is 0 Å². The number of carbonyl (C=O) groups excluding carboxylic acids is 1. The van der Waals surface area contributed by atoms with E-state index in [1.54, 1.807) is 40.5 Å². The van der Waals surface area contributed by atoms with Crippen molar-refractivity contribution < 1.29 is 19.0 Å². The average Bonchev–Trinajstić information content (AvgIpc) is 2.38. The quantitative estimate of drug-likeness (QED) is 0.702. The number of hydrogen-bond acceptors (Lipinski definition) is 4. The predicted molar refractivity (Wildman–Crippen MR) is 63.6 cm³/mol. The highest BCUT2D eigenvalue weighted by molar-refractivity contribution is 5.53. The summed E-state index contributed by atoms with van der Waals surface area (Å²) in [6.45, 7) is 0.417. The second kappa shape index (κ2) is 5.98. The fourth-order valence-electron chi connectivity index (χ4n) is 1.52. The van der Waals surface area contributed by atoms with Crippen molar-refractivity contribution >= 4 is 6.41 Å². The lowest BCUT2D eigenvalue weighted by atomic mass is 10.1. The molecule has 0 heterocycles. The van der Waals surface area contributed by atoms with E-state index in [4.69, 9.17) is 14.2 Å². The van der Waals surface area contributed by atoms with Crippen LogP contribution >= 0.6 is 0 Å². The molecular formula is C12H17NO4. The lowest BCUT2D eigenvalue weighted by Crippen LogP contribution is -2.16. The second-order valence-electron chi connectivity index (χ2n) is 3.53. The molecular weight excluding hydrogens is 222 g/mol. The zero-order chi connectivity index (χ0) is 12.8. The second-order valence-corrected chi connectivity index (χ2v) is 3.53. The number of benzene rings is 1. The zero-order valence-electron chi connectivity index (χ0n) is 10.5. The molecule has 0 bridgehead atoms. The fourth-order valence-corrected chi connectivity index (χ4v) is 1.52. The fraction of sp³-hybridized carbons (Fsp3) is 0.417. The van der Waals surface area contributed by atoms with E-state index in [0.717, 1.165) is 12.0 Å². The van der Waals surface area contributed by atoms with Crippen LogP contribution in [-0.4, -0.2) is 39.7 Å². The Morgan fingerprint density at radius 2 is 1.65 bits per heavy atom. The van der Waals surface area contributed by atoms with Gasteiger partial charge in [-0.15, -0.1) is 0 Å². The minimum absolute atomic E-state index is 0.417. The Balaban J connectivity index is 3.19. The summed E-state index contributed by atoms with van der Waals surface area (Å²) in [5.74, 6) is 1.92. The van der Waals surface area contributed by atoms with Gasteiger partial charge in [-0.2, -0.15) is 0 Å². The monoisotopic (exact) mass is 239 g/mol. The van der Waals surface area contributed by atoms with E-state index in [1.807, 2.05) is 0 Å². The van der Waals surface area contributed by atoms with Gasteiger partial charge in [0.2, 0.25) is 6.41 Å². The third-order valence-electron chi connectivity index (χ3n) is 2.40. The van der Waals surface area contributed by atoms with Gasteiger partial charge in [-0.3, -0.25) is 4.79 Å². The molecule has 0 aliphatic heterocycles. The Hall–Kier alpha value is -1.91. The summed E-state index contributed by atoms with van der Waals surface area (Å²) in [6, 6.07) is 3.52. The highest BCUT2D eigenvalue weighted by Crippen LogP contribution is 2.34. The molecule has 0 fully saturated rings. The van der Waals surface area contributed by atoms with Gasteiger partial charge >= 0.3 is 0 Å². The van der Waals surface area contributed by atoms with Gasteiger partial charge in [0.1, 0.15) is 17.2 Å². The van der Waals surface area contributed by atoms with Gasteiger partial charge in [0.25, 0.3) is 0 Å². The van der Waals surface area contributed by atoms with Crippen molar-refractivity contribution in [3.63, 3.8) is 0 Å². The average molecular weight is 239 g/mol. The molecule has 5 nitrogen and oxygen atoms in total. The Morgan fingerprint density at radius 3 is 2.00 bits per heavy atom. The SMILES string of the molecule is COc1cc(OC)c(CN(C)C=O)c(OC)c1. The normalized spacial score (nSPS) is 9.65. The molecule has 5 heteroatoms. The molecule has 0 aliphatic carbocycles. The molecule has 0 aliphatic rings. The van der Waals surface area contributed by atoms with Crippen molar-refractivity contribution in [2.75, 3.05) is 28.4 Å². The number of hydrogen-bond donors (Lipinski definition) is 0.